The maximum absolute atomic E-state index is 13.7. The minimum atomic E-state index is -4.69. The predicted molar refractivity (Wildman–Crippen MR) is 115 cm³/mol. The standard InChI is InChI=1S/C23H22F6N4O2/c1-12(18-9-14(5-6-30-18)22(24,25)26)31-21-16-10-20(35-8-7-34-15-3-4-15)17(23(27,28)29)11-19(16)32-13(2)33-21/h5-6,9-12,15H,3-4,7-8H2,1-2H3,(H,31,32,33)/t12-/m1/s1. The quantitative estimate of drug-likeness (QED) is 0.298. The Morgan fingerprint density at radius 2 is 1.77 bits per heavy atom. The summed E-state index contributed by atoms with van der Waals surface area (Å²) < 4.78 is 91.3. The third kappa shape index (κ3) is 6.11. The summed E-state index contributed by atoms with van der Waals surface area (Å²) in [7, 11) is 0. The number of halogens is 6. The van der Waals surface area contributed by atoms with Gasteiger partial charge in [0.25, 0.3) is 0 Å². The molecule has 1 aliphatic rings. The van der Waals surface area contributed by atoms with Crippen molar-refractivity contribution >= 4 is 16.7 Å². The molecule has 1 atom stereocenters. The zero-order chi connectivity index (χ0) is 25.4. The van der Waals surface area contributed by atoms with Crippen LogP contribution in [0.1, 0.15) is 48.5 Å². The minimum absolute atomic E-state index is 0.0121. The summed E-state index contributed by atoms with van der Waals surface area (Å²) in [6.07, 6.45) is -6.20. The second kappa shape index (κ2) is 9.48. The van der Waals surface area contributed by atoms with Crippen molar-refractivity contribution in [3.8, 4) is 5.75 Å². The van der Waals surface area contributed by atoms with Crippen LogP contribution < -0.4 is 10.1 Å². The summed E-state index contributed by atoms with van der Waals surface area (Å²) >= 11 is 0. The third-order valence-electron chi connectivity index (χ3n) is 5.34. The number of nitrogens with one attached hydrogen (secondary N) is 1. The van der Waals surface area contributed by atoms with E-state index < -0.39 is 35.3 Å². The predicted octanol–water partition coefficient (Wildman–Crippen LogP) is 6.10. The number of ether oxygens (including phenoxy) is 2. The van der Waals surface area contributed by atoms with Crippen molar-refractivity contribution in [3.05, 3.63) is 53.1 Å². The van der Waals surface area contributed by atoms with Gasteiger partial charge in [0, 0.05) is 11.6 Å². The molecular weight excluding hydrogens is 478 g/mol. The molecule has 12 heteroatoms. The smallest absolute Gasteiger partial charge is 0.420 e. The molecule has 0 saturated heterocycles. The molecule has 0 aliphatic heterocycles. The van der Waals surface area contributed by atoms with Crippen LogP contribution in [-0.4, -0.2) is 34.3 Å². The van der Waals surface area contributed by atoms with Gasteiger partial charge in [-0.1, -0.05) is 0 Å². The first kappa shape index (κ1) is 25.0. The molecule has 4 rings (SSSR count). The largest absolute Gasteiger partial charge is 0.491 e. The van der Waals surface area contributed by atoms with Gasteiger partial charge in [-0.3, -0.25) is 4.98 Å². The Balaban J connectivity index is 1.67. The van der Waals surface area contributed by atoms with E-state index in [0.29, 0.717) is 0 Å². The Morgan fingerprint density at radius 3 is 2.43 bits per heavy atom. The number of hydrogen-bond acceptors (Lipinski definition) is 6. The SMILES string of the molecule is Cc1nc(N[C@H](C)c2cc(C(F)(F)F)ccn2)c2cc(OCCOC3CC3)c(C(F)(F)F)cc2n1. The molecule has 0 unspecified atom stereocenters. The summed E-state index contributed by atoms with van der Waals surface area (Å²) in [5.41, 5.74) is -1.75. The molecule has 0 amide bonds. The second-order valence-corrected chi connectivity index (χ2v) is 8.23. The highest BCUT2D eigenvalue weighted by molar-refractivity contribution is 5.91. The summed E-state index contributed by atoms with van der Waals surface area (Å²) in [5, 5.41) is 3.18. The topological polar surface area (TPSA) is 69.2 Å². The van der Waals surface area contributed by atoms with E-state index in [-0.39, 0.29) is 47.6 Å². The number of hydrogen-bond donors (Lipinski definition) is 1. The van der Waals surface area contributed by atoms with Gasteiger partial charge in [-0.25, -0.2) is 9.97 Å². The van der Waals surface area contributed by atoms with E-state index in [4.69, 9.17) is 9.47 Å². The molecule has 3 aromatic rings. The third-order valence-corrected chi connectivity index (χ3v) is 5.34. The highest BCUT2D eigenvalue weighted by Gasteiger charge is 2.36. The Hall–Kier alpha value is -3.15. The fourth-order valence-corrected chi connectivity index (χ4v) is 3.46. The van der Waals surface area contributed by atoms with Crippen LogP contribution in [0.15, 0.2) is 30.5 Å². The number of aromatic nitrogens is 3. The molecule has 1 N–H and O–H groups in total. The number of rotatable bonds is 8. The zero-order valence-electron chi connectivity index (χ0n) is 18.8. The number of alkyl halides is 6. The van der Waals surface area contributed by atoms with Crippen molar-refractivity contribution in [1.29, 1.82) is 0 Å². The molecular formula is C23H22F6N4O2. The number of pyridine rings is 1. The van der Waals surface area contributed by atoms with Crippen molar-refractivity contribution in [2.45, 2.75) is 51.2 Å². The maximum Gasteiger partial charge on any atom is 0.420 e. The summed E-state index contributed by atoms with van der Waals surface area (Å²) in [4.78, 5) is 12.4. The first-order chi connectivity index (χ1) is 16.4. The van der Waals surface area contributed by atoms with E-state index in [1.54, 1.807) is 6.92 Å². The van der Waals surface area contributed by atoms with Gasteiger partial charge in [-0.2, -0.15) is 26.3 Å². The number of anilines is 1. The van der Waals surface area contributed by atoms with Crippen LogP contribution >= 0.6 is 0 Å². The van der Waals surface area contributed by atoms with E-state index >= 15 is 0 Å². The van der Waals surface area contributed by atoms with Gasteiger partial charge in [-0.15, -0.1) is 0 Å². The Kier molecular flexibility index (Phi) is 6.76. The Labute approximate surface area is 196 Å². The normalized spacial score (nSPS) is 15.3. The van der Waals surface area contributed by atoms with Crippen LogP contribution in [0.25, 0.3) is 10.9 Å². The molecule has 188 valence electrons. The molecule has 35 heavy (non-hydrogen) atoms. The lowest BCUT2D eigenvalue weighted by atomic mass is 10.1. The molecule has 2 aromatic heterocycles. The summed E-state index contributed by atoms with van der Waals surface area (Å²) in [5.74, 6) is -0.0828. The Bertz CT molecular complexity index is 1210. The molecule has 1 aliphatic carbocycles. The molecule has 0 spiro atoms. The summed E-state index contributed by atoms with van der Waals surface area (Å²) in [6, 6.07) is 3.08. The van der Waals surface area contributed by atoms with Gasteiger partial charge in [0.2, 0.25) is 0 Å². The molecule has 1 aromatic carbocycles. The number of fused-ring (bicyclic) bond motifs is 1. The van der Waals surface area contributed by atoms with Gasteiger partial charge in [0.05, 0.1) is 41.1 Å². The Morgan fingerprint density at radius 1 is 1.03 bits per heavy atom. The number of nitrogens with zero attached hydrogens (tertiary/aromatic N) is 3. The summed E-state index contributed by atoms with van der Waals surface area (Å²) in [6.45, 7) is 3.14. The minimum Gasteiger partial charge on any atom is -0.491 e. The zero-order valence-corrected chi connectivity index (χ0v) is 18.8. The first-order valence-electron chi connectivity index (χ1n) is 10.9. The number of aryl methyl sites for hydroxylation is 1. The van der Waals surface area contributed by atoms with Gasteiger partial charge in [0.1, 0.15) is 24.0 Å². The van der Waals surface area contributed by atoms with E-state index in [1.165, 1.54) is 13.0 Å². The monoisotopic (exact) mass is 500 g/mol. The lowest BCUT2D eigenvalue weighted by molar-refractivity contribution is -0.139. The molecule has 0 radical (unpaired) electrons. The second-order valence-electron chi connectivity index (χ2n) is 8.23. The first-order valence-corrected chi connectivity index (χ1v) is 10.9. The average Bonchev–Trinajstić information content (AvgIpc) is 3.59. The van der Waals surface area contributed by atoms with Gasteiger partial charge in [0.15, 0.2) is 0 Å². The highest BCUT2D eigenvalue weighted by atomic mass is 19.4. The molecule has 6 nitrogen and oxygen atoms in total. The van der Waals surface area contributed by atoms with E-state index in [9.17, 15) is 26.3 Å². The van der Waals surface area contributed by atoms with Gasteiger partial charge < -0.3 is 14.8 Å². The van der Waals surface area contributed by atoms with Crippen LogP contribution in [0, 0.1) is 6.92 Å². The van der Waals surface area contributed by atoms with E-state index in [1.807, 2.05) is 0 Å². The molecule has 0 bridgehead atoms. The lowest BCUT2D eigenvalue weighted by Gasteiger charge is -2.19. The van der Waals surface area contributed by atoms with Crippen molar-refractivity contribution in [1.82, 2.24) is 15.0 Å². The van der Waals surface area contributed by atoms with Crippen LogP contribution in [-0.2, 0) is 17.1 Å². The molecule has 1 saturated carbocycles. The fourth-order valence-electron chi connectivity index (χ4n) is 3.46. The van der Waals surface area contributed by atoms with Gasteiger partial charge >= 0.3 is 12.4 Å². The molecule has 2 heterocycles. The molecule has 1 fully saturated rings. The van der Waals surface area contributed by atoms with Crippen molar-refractivity contribution in [2.24, 2.45) is 0 Å². The van der Waals surface area contributed by atoms with E-state index in [2.05, 4.69) is 20.3 Å². The lowest BCUT2D eigenvalue weighted by Crippen LogP contribution is -2.15. The van der Waals surface area contributed by atoms with E-state index in [0.717, 1.165) is 37.2 Å². The maximum atomic E-state index is 13.7. The van der Waals surface area contributed by atoms with Crippen molar-refractivity contribution in [2.75, 3.05) is 18.5 Å². The van der Waals surface area contributed by atoms with Gasteiger partial charge in [-0.05, 0) is 51.0 Å². The fraction of sp³-hybridized carbons (Fsp3) is 0.435. The van der Waals surface area contributed by atoms with Crippen LogP contribution in [0.4, 0.5) is 32.2 Å². The average molecular weight is 500 g/mol. The van der Waals surface area contributed by atoms with Crippen LogP contribution in [0.5, 0.6) is 5.75 Å². The van der Waals surface area contributed by atoms with Crippen LogP contribution in [0.3, 0.4) is 0 Å². The highest BCUT2D eigenvalue weighted by Crippen LogP contribution is 2.40. The number of benzene rings is 1. The van der Waals surface area contributed by atoms with Crippen molar-refractivity contribution in [3.63, 3.8) is 0 Å². The van der Waals surface area contributed by atoms with Crippen molar-refractivity contribution < 1.29 is 35.8 Å². The van der Waals surface area contributed by atoms with Crippen LogP contribution in [0.2, 0.25) is 0 Å².